The molecule has 0 fully saturated rings. The number of phenolic OH excluding ortho intramolecular Hbond substituents is 1. The number of carbonyl (C=O) groups is 2. The quantitative estimate of drug-likeness (QED) is 0.331. The first-order valence-electron chi connectivity index (χ1n) is 8.54. The van der Waals surface area contributed by atoms with Gasteiger partial charge < -0.3 is 9.84 Å². The van der Waals surface area contributed by atoms with Gasteiger partial charge in [-0.1, -0.05) is 12.1 Å². The molecule has 2 aromatic rings. The predicted molar refractivity (Wildman–Crippen MR) is 95.9 cm³/mol. The zero-order valence-electron chi connectivity index (χ0n) is 14.5. The Hall–Kier alpha value is -3.42. The van der Waals surface area contributed by atoms with E-state index in [0.29, 0.717) is 37.1 Å². The summed E-state index contributed by atoms with van der Waals surface area (Å²) in [6.07, 6.45) is 2.02. The summed E-state index contributed by atoms with van der Waals surface area (Å²) in [5.41, 5.74) is 0.680. The molecule has 2 amide bonds. The molecule has 0 aromatic heterocycles. The molecule has 0 atom stereocenters. The second-order valence-corrected chi connectivity index (χ2v) is 6.13. The molecule has 0 bridgehead atoms. The highest BCUT2D eigenvalue weighted by Crippen LogP contribution is 2.30. The van der Waals surface area contributed by atoms with Gasteiger partial charge in [0.25, 0.3) is 17.5 Å². The zero-order valence-corrected chi connectivity index (χ0v) is 14.5. The highest BCUT2D eigenvalue weighted by atomic mass is 16.6. The highest BCUT2D eigenvalue weighted by Gasteiger charge is 2.34. The largest absolute Gasteiger partial charge is 0.504 e. The van der Waals surface area contributed by atoms with Crippen LogP contribution in [-0.2, 0) is 0 Å². The molecule has 0 spiro atoms. The number of benzene rings is 2. The Morgan fingerprint density at radius 3 is 2.26 bits per heavy atom. The number of carbonyl (C=O) groups excluding carboxylic acids is 2. The third-order valence-electron chi connectivity index (χ3n) is 4.32. The molecule has 1 aliphatic heterocycles. The number of amides is 2. The molecule has 0 unspecified atom stereocenters. The minimum Gasteiger partial charge on any atom is -0.504 e. The van der Waals surface area contributed by atoms with Gasteiger partial charge in [0.1, 0.15) is 0 Å². The number of non-ortho nitro benzene ring substituents is 1. The summed E-state index contributed by atoms with van der Waals surface area (Å²) in [4.78, 5) is 35.7. The Balaban J connectivity index is 1.41. The van der Waals surface area contributed by atoms with E-state index in [9.17, 15) is 24.8 Å². The number of nitrogens with zero attached hydrogens (tertiary/aromatic N) is 2. The molecule has 1 N–H and O–H groups in total. The van der Waals surface area contributed by atoms with Crippen molar-refractivity contribution < 1.29 is 24.4 Å². The van der Waals surface area contributed by atoms with Gasteiger partial charge in [-0.25, -0.2) is 0 Å². The number of hydrogen-bond acceptors (Lipinski definition) is 6. The van der Waals surface area contributed by atoms with Crippen LogP contribution >= 0.6 is 0 Å². The molecule has 0 saturated carbocycles. The van der Waals surface area contributed by atoms with Crippen LogP contribution in [0.25, 0.3) is 0 Å². The number of nitro groups is 1. The first-order valence-corrected chi connectivity index (χ1v) is 8.54. The molecule has 8 nitrogen and oxygen atoms in total. The molecular weight excluding hydrogens is 352 g/mol. The van der Waals surface area contributed by atoms with Crippen molar-refractivity contribution in [3.05, 3.63) is 63.7 Å². The Morgan fingerprint density at radius 2 is 1.67 bits per heavy atom. The second-order valence-electron chi connectivity index (χ2n) is 6.13. The van der Waals surface area contributed by atoms with E-state index in [1.807, 2.05) is 0 Å². The van der Waals surface area contributed by atoms with Gasteiger partial charge in [0, 0.05) is 12.6 Å². The van der Waals surface area contributed by atoms with Crippen LogP contribution in [0.15, 0.2) is 42.5 Å². The average Bonchev–Trinajstić information content (AvgIpc) is 2.90. The van der Waals surface area contributed by atoms with E-state index >= 15 is 0 Å². The molecule has 27 heavy (non-hydrogen) atoms. The normalized spacial score (nSPS) is 13.0. The number of aromatic hydroxyl groups is 1. The topological polar surface area (TPSA) is 110 Å². The van der Waals surface area contributed by atoms with Gasteiger partial charge in [-0.3, -0.25) is 24.6 Å². The molecule has 140 valence electrons. The first kappa shape index (κ1) is 18.4. The number of hydrogen-bond donors (Lipinski definition) is 1. The Morgan fingerprint density at radius 1 is 1.00 bits per heavy atom. The van der Waals surface area contributed by atoms with Gasteiger partial charge in [-0.15, -0.1) is 0 Å². The summed E-state index contributed by atoms with van der Waals surface area (Å²) in [5.74, 6) is -0.624. The summed E-state index contributed by atoms with van der Waals surface area (Å²) in [6.45, 7) is 0.655. The van der Waals surface area contributed by atoms with Gasteiger partial charge >= 0.3 is 0 Å². The Bertz CT molecular complexity index is 861. The lowest BCUT2D eigenvalue weighted by Crippen LogP contribution is -2.30. The second kappa shape index (κ2) is 7.86. The zero-order chi connectivity index (χ0) is 19.4. The van der Waals surface area contributed by atoms with Gasteiger partial charge in [-0.2, -0.15) is 0 Å². The summed E-state index contributed by atoms with van der Waals surface area (Å²) in [7, 11) is 0. The number of nitro benzene ring substituents is 1. The van der Waals surface area contributed by atoms with E-state index in [0.717, 1.165) is 12.5 Å². The molecule has 1 heterocycles. The van der Waals surface area contributed by atoms with Crippen molar-refractivity contribution in [2.24, 2.45) is 0 Å². The van der Waals surface area contributed by atoms with Gasteiger partial charge in [0.2, 0.25) is 0 Å². The Labute approximate surface area is 155 Å². The van der Waals surface area contributed by atoms with Gasteiger partial charge in [-0.05, 0) is 37.5 Å². The van der Waals surface area contributed by atoms with E-state index in [1.165, 1.54) is 17.0 Å². The van der Waals surface area contributed by atoms with Crippen molar-refractivity contribution in [3.8, 4) is 11.5 Å². The van der Waals surface area contributed by atoms with Crippen molar-refractivity contribution in [2.45, 2.75) is 19.3 Å². The van der Waals surface area contributed by atoms with Crippen LogP contribution < -0.4 is 4.74 Å². The lowest BCUT2D eigenvalue weighted by atomic mass is 10.1. The maximum Gasteiger partial charge on any atom is 0.273 e. The van der Waals surface area contributed by atoms with E-state index in [2.05, 4.69) is 0 Å². The fourth-order valence-corrected chi connectivity index (χ4v) is 2.91. The number of phenols is 1. The molecule has 1 aliphatic rings. The van der Waals surface area contributed by atoms with Crippen LogP contribution in [0, 0.1) is 10.1 Å². The van der Waals surface area contributed by atoms with Crippen molar-refractivity contribution in [1.82, 2.24) is 4.90 Å². The summed E-state index contributed by atoms with van der Waals surface area (Å²) in [6, 6.07) is 10.4. The number of ether oxygens (including phenoxy) is 1. The van der Waals surface area contributed by atoms with Gasteiger partial charge in [0.15, 0.2) is 11.5 Å². The number of unbranched alkanes of at least 4 members (excludes halogenated alkanes) is 2. The maximum atomic E-state index is 12.2. The van der Waals surface area contributed by atoms with Crippen LogP contribution in [0.3, 0.4) is 0 Å². The fraction of sp³-hybridized carbons (Fsp3) is 0.263. The Kier molecular flexibility index (Phi) is 5.35. The van der Waals surface area contributed by atoms with Crippen molar-refractivity contribution >= 4 is 17.5 Å². The molecular formula is C19H18N2O6. The summed E-state index contributed by atoms with van der Waals surface area (Å²) < 4.78 is 5.42. The molecule has 2 aromatic carbocycles. The molecule has 8 heteroatoms. The van der Waals surface area contributed by atoms with Crippen LogP contribution in [0.1, 0.15) is 40.0 Å². The van der Waals surface area contributed by atoms with Crippen molar-refractivity contribution in [1.29, 1.82) is 0 Å². The van der Waals surface area contributed by atoms with Crippen molar-refractivity contribution in [2.75, 3.05) is 13.2 Å². The first-order chi connectivity index (χ1) is 13.0. The van der Waals surface area contributed by atoms with E-state index in [1.54, 1.807) is 24.3 Å². The minimum absolute atomic E-state index is 0.181. The predicted octanol–water partition coefficient (Wildman–Crippen LogP) is 3.15. The van der Waals surface area contributed by atoms with Crippen molar-refractivity contribution in [3.63, 3.8) is 0 Å². The van der Waals surface area contributed by atoms with E-state index in [4.69, 9.17) is 4.74 Å². The van der Waals surface area contributed by atoms with Crippen LogP contribution in [0.5, 0.6) is 11.5 Å². The molecule has 0 aliphatic carbocycles. The maximum absolute atomic E-state index is 12.2. The van der Waals surface area contributed by atoms with E-state index in [-0.39, 0.29) is 29.0 Å². The SMILES string of the molecule is O=C1c2ccccc2C(=O)N1CCCCCOc1ccc([N+](=O)[O-])cc1O. The minimum atomic E-state index is -0.595. The number of imide groups is 1. The third kappa shape index (κ3) is 3.89. The highest BCUT2D eigenvalue weighted by molar-refractivity contribution is 6.21. The number of fused-ring (bicyclic) bond motifs is 1. The molecule has 3 rings (SSSR count). The van der Waals surface area contributed by atoms with Gasteiger partial charge in [0.05, 0.1) is 28.7 Å². The van der Waals surface area contributed by atoms with Crippen LogP contribution in [0.4, 0.5) is 5.69 Å². The standard InChI is InChI=1S/C19H18N2O6/c22-16-12-13(21(25)26)8-9-17(16)27-11-5-1-4-10-20-18(23)14-6-2-3-7-15(14)19(20)24/h2-3,6-9,12,22H,1,4-5,10-11H2. The van der Waals surface area contributed by atoms with E-state index < -0.39 is 4.92 Å². The third-order valence-corrected chi connectivity index (χ3v) is 4.32. The molecule has 0 radical (unpaired) electrons. The fourth-order valence-electron chi connectivity index (χ4n) is 2.91. The number of rotatable bonds is 8. The lowest BCUT2D eigenvalue weighted by Gasteiger charge is -2.13. The summed E-state index contributed by atoms with van der Waals surface area (Å²) in [5, 5.41) is 20.3. The molecule has 0 saturated heterocycles. The van der Waals surface area contributed by atoms with Crippen LogP contribution in [0.2, 0.25) is 0 Å². The monoisotopic (exact) mass is 370 g/mol. The average molecular weight is 370 g/mol. The summed E-state index contributed by atoms with van der Waals surface area (Å²) >= 11 is 0. The lowest BCUT2D eigenvalue weighted by molar-refractivity contribution is -0.385. The smallest absolute Gasteiger partial charge is 0.273 e. The van der Waals surface area contributed by atoms with Crippen LogP contribution in [-0.4, -0.2) is 39.9 Å².